The van der Waals surface area contributed by atoms with Crippen molar-refractivity contribution in [1.82, 2.24) is 0 Å². The fraction of sp³-hybridized carbons (Fsp3) is 0.400. The molecule has 2 aliphatic heterocycles. The maximum atomic E-state index is 11.8. The topological polar surface area (TPSA) is 33.5 Å². The average molecular weight is 367 g/mol. The van der Waals surface area contributed by atoms with Crippen LogP contribution >= 0.6 is 22.6 Å². The van der Waals surface area contributed by atoms with E-state index < -0.39 is 0 Å². The summed E-state index contributed by atoms with van der Waals surface area (Å²) < 4.78 is 6.24. The fourth-order valence-corrected chi connectivity index (χ4v) is 3.87. The Kier molecular flexibility index (Phi) is 2.62. The smallest absolute Gasteiger partial charge is 0.349 e. The lowest BCUT2D eigenvalue weighted by atomic mass is 9.90. The van der Waals surface area contributed by atoms with Gasteiger partial charge in [-0.05, 0) is 66.0 Å². The molecular weight excluding hydrogens is 353 g/mol. The van der Waals surface area contributed by atoms with Gasteiger partial charge >= 0.3 is 5.63 Å². The molecule has 0 spiro atoms. The van der Waals surface area contributed by atoms with Crippen molar-refractivity contribution in [1.29, 1.82) is 0 Å². The van der Waals surface area contributed by atoms with Gasteiger partial charge in [-0.25, -0.2) is 4.79 Å². The number of hydrogen-bond acceptors (Lipinski definition) is 3. The van der Waals surface area contributed by atoms with Gasteiger partial charge in [-0.2, -0.15) is 0 Å². The summed E-state index contributed by atoms with van der Waals surface area (Å²) in [5.41, 5.74) is 4.65. The van der Waals surface area contributed by atoms with Crippen molar-refractivity contribution in [3.05, 3.63) is 37.2 Å². The second-order valence-electron chi connectivity index (χ2n) is 5.36. The molecule has 0 bridgehead atoms. The molecule has 0 saturated carbocycles. The van der Waals surface area contributed by atoms with Gasteiger partial charge < -0.3 is 9.32 Å². The largest absolute Gasteiger partial charge is 0.422 e. The Bertz CT molecular complexity index is 733. The molecule has 0 unspecified atom stereocenters. The van der Waals surface area contributed by atoms with E-state index in [1.807, 2.05) is 6.07 Å². The Morgan fingerprint density at radius 1 is 1.16 bits per heavy atom. The number of fused-ring (bicyclic) bond motifs is 2. The molecule has 4 heteroatoms. The quantitative estimate of drug-likeness (QED) is 0.530. The predicted octanol–water partition coefficient (Wildman–Crippen LogP) is 3.10. The monoisotopic (exact) mass is 367 g/mol. The molecule has 0 amide bonds. The first kappa shape index (κ1) is 11.8. The Labute approximate surface area is 124 Å². The van der Waals surface area contributed by atoms with E-state index in [2.05, 4.69) is 33.6 Å². The van der Waals surface area contributed by atoms with Gasteiger partial charge in [-0.1, -0.05) is 0 Å². The van der Waals surface area contributed by atoms with Crippen LogP contribution in [0.15, 0.2) is 21.3 Å². The van der Waals surface area contributed by atoms with Crippen LogP contribution < -0.4 is 10.5 Å². The van der Waals surface area contributed by atoms with Crippen molar-refractivity contribution in [3.63, 3.8) is 0 Å². The highest BCUT2D eigenvalue weighted by molar-refractivity contribution is 14.1. The van der Waals surface area contributed by atoms with Crippen LogP contribution in [-0.2, 0) is 12.8 Å². The molecule has 4 rings (SSSR count). The highest BCUT2D eigenvalue weighted by atomic mass is 127. The van der Waals surface area contributed by atoms with E-state index in [1.54, 1.807) is 0 Å². The van der Waals surface area contributed by atoms with Crippen molar-refractivity contribution >= 4 is 39.2 Å². The van der Waals surface area contributed by atoms with Crippen molar-refractivity contribution < 1.29 is 4.42 Å². The minimum atomic E-state index is -0.211. The van der Waals surface area contributed by atoms with Crippen LogP contribution in [0.2, 0.25) is 0 Å². The van der Waals surface area contributed by atoms with Crippen molar-refractivity contribution in [3.8, 4) is 0 Å². The van der Waals surface area contributed by atoms with Gasteiger partial charge in [0.05, 0.1) is 3.57 Å². The predicted molar refractivity (Wildman–Crippen MR) is 84.1 cm³/mol. The fourth-order valence-electron chi connectivity index (χ4n) is 3.42. The molecule has 3 heterocycles. The molecule has 0 N–H and O–H groups in total. The minimum Gasteiger partial charge on any atom is -0.422 e. The van der Waals surface area contributed by atoms with E-state index in [9.17, 15) is 4.79 Å². The number of anilines is 1. The van der Waals surface area contributed by atoms with E-state index in [1.165, 1.54) is 23.2 Å². The van der Waals surface area contributed by atoms with Crippen LogP contribution in [0.5, 0.6) is 0 Å². The van der Waals surface area contributed by atoms with Crippen LogP contribution in [0.4, 0.5) is 5.69 Å². The summed E-state index contributed by atoms with van der Waals surface area (Å²) >= 11 is 2.05. The summed E-state index contributed by atoms with van der Waals surface area (Å²) in [4.78, 5) is 14.2. The SMILES string of the molecule is O=c1oc2c3c4c(cc2cc1I)CCCN4CCC3. The molecule has 2 aromatic rings. The molecule has 3 nitrogen and oxygen atoms in total. The first-order valence-electron chi connectivity index (χ1n) is 6.77. The second kappa shape index (κ2) is 4.23. The molecule has 0 saturated heterocycles. The van der Waals surface area contributed by atoms with Gasteiger partial charge in [0, 0.05) is 29.7 Å². The van der Waals surface area contributed by atoms with E-state index in [0.717, 1.165) is 43.3 Å². The third-order valence-corrected chi connectivity index (χ3v) is 4.92. The molecule has 1 aromatic heterocycles. The standard InChI is InChI=1S/C15H14INO2/c16-12-8-10-7-9-3-1-5-17-6-2-4-11(13(9)17)14(10)19-15(12)18/h7-8H,1-6H2. The molecule has 0 fully saturated rings. The zero-order valence-corrected chi connectivity index (χ0v) is 12.7. The Balaban J connectivity index is 2.12. The summed E-state index contributed by atoms with van der Waals surface area (Å²) in [5, 5.41) is 1.08. The van der Waals surface area contributed by atoms with Crippen LogP contribution in [0.1, 0.15) is 24.0 Å². The molecule has 1 aromatic carbocycles. The third kappa shape index (κ3) is 1.72. The highest BCUT2D eigenvalue weighted by Crippen LogP contribution is 2.39. The van der Waals surface area contributed by atoms with Crippen LogP contribution in [0.25, 0.3) is 11.0 Å². The highest BCUT2D eigenvalue weighted by Gasteiger charge is 2.26. The molecule has 0 radical (unpaired) electrons. The summed E-state index contributed by atoms with van der Waals surface area (Å²) in [6.07, 6.45) is 4.55. The molecule has 98 valence electrons. The van der Waals surface area contributed by atoms with Crippen molar-refractivity contribution in [2.24, 2.45) is 0 Å². The Morgan fingerprint density at radius 2 is 1.95 bits per heavy atom. The van der Waals surface area contributed by atoms with Crippen LogP contribution in [0.3, 0.4) is 0 Å². The van der Waals surface area contributed by atoms with Crippen molar-refractivity contribution in [2.75, 3.05) is 18.0 Å². The molecular formula is C15H14INO2. The van der Waals surface area contributed by atoms with E-state index in [-0.39, 0.29) is 5.63 Å². The molecule has 19 heavy (non-hydrogen) atoms. The number of hydrogen-bond donors (Lipinski definition) is 0. The first-order chi connectivity index (χ1) is 9.24. The van der Waals surface area contributed by atoms with Gasteiger partial charge in [0.25, 0.3) is 0 Å². The Morgan fingerprint density at radius 3 is 2.79 bits per heavy atom. The lowest BCUT2D eigenvalue weighted by Gasteiger charge is -2.37. The average Bonchev–Trinajstić information content (AvgIpc) is 2.42. The van der Waals surface area contributed by atoms with Crippen molar-refractivity contribution in [2.45, 2.75) is 25.7 Å². The summed E-state index contributed by atoms with van der Waals surface area (Å²) in [7, 11) is 0. The maximum absolute atomic E-state index is 11.8. The first-order valence-corrected chi connectivity index (χ1v) is 7.85. The Hall–Kier alpha value is -1.04. The van der Waals surface area contributed by atoms with Gasteiger partial charge in [-0.15, -0.1) is 0 Å². The second-order valence-corrected chi connectivity index (χ2v) is 6.52. The lowest BCUT2D eigenvalue weighted by Crippen LogP contribution is -2.34. The van der Waals surface area contributed by atoms with E-state index in [4.69, 9.17) is 4.42 Å². The number of nitrogens with zero attached hydrogens (tertiary/aromatic N) is 1. The minimum absolute atomic E-state index is 0.211. The summed E-state index contributed by atoms with van der Waals surface area (Å²) in [5.74, 6) is 0. The van der Waals surface area contributed by atoms with Crippen LogP contribution in [0, 0.1) is 3.57 Å². The van der Waals surface area contributed by atoms with E-state index in [0.29, 0.717) is 3.57 Å². The number of benzene rings is 1. The summed E-state index contributed by atoms with van der Waals surface area (Å²) in [6.45, 7) is 2.28. The van der Waals surface area contributed by atoms with Crippen LogP contribution in [-0.4, -0.2) is 13.1 Å². The number of rotatable bonds is 0. The van der Waals surface area contributed by atoms with Gasteiger partial charge in [0.15, 0.2) is 0 Å². The molecule has 0 atom stereocenters. The molecule has 2 aliphatic rings. The number of halogens is 1. The maximum Gasteiger partial charge on any atom is 0.349 e. The van der Waals surface area contributed by atoms with E-state index >= 15 is 0 Å². The number of aryl methyl sites for hydroxylation is 2. The zero-order valence-electron chi connectivity index (χ0n) is 10.5. The van der Waals surface area contributed by atoms with Gasteiger partial charge in [0.2, 0.25) is 0 Å². The zero-order chi connectivity index (χ0) is 13.0. The normalized spacial score (nSPS) is 17.6. The lowest BCUT2D eigenvalue weighted by molar-refractivity contribution is 0.545. The third-order valence-electron chi connectivity index (χ3n) is 4.17. The molecule has 0 aliphatic carbocycles. The van der Waals surface area contributed by atoms with Gasteiger partial charge in [-0.3, -0.25) is 0 Å². The van der Waals surface area contributed by atoms with Gasteiger partial charge in [0.1, 0.15) is 5.58 Å². The summed E-state index contributed by atoms with van der Waals surface area (Å²) in [6, 6.07) is 4.18.